The molecule has 1 spiro atoms. The number of nitrogens with one attached hydrogen (secondary N) is 1. The Labute approximate surface area is 205 Å². The molecule has 3 atom stereocenters. The lowest BCUT2D eigenvalue weighted by atomic mass is 9.84. The Bertz CT molecular complexity index is 1000. The number of β-lactam (4-membered cyclic amide) rings is 1. The first kappa shape index (κ1) is 23.5. The molecule has 2 aliphatic rings. The molecule has 2 aliphatic heterocycles. The van der Waals surface area contributed by atoms with E-state index < -0.39 is 17.7 Å². The van der Waals surface area contributed by atoms with Gasteiger partial charge in [0.1, 0.15) is 23.2 Å². The molecule has 176 valence electrons. The Morgan fingerprint density at radius 3 is 2.73 bits per heavy atom. The number of nitrogens with zero attached hydrogens (tertiary/aromatic N) is 4. The van der Waals surface area contributed by atoms with Crippen molar-refractivity contribution in [3.05, 3.63) is 48.2 Å². The Morgan fingerprint density at radius 2 is 2.09 bits per heavy atom. The van der Waals surface area contributed by atoms with Gasteiger partial charge < -0.3 is 24.3 Å². The van der Waals surface area contributed by atoms with E-state index in [1.54, 1.807) is 9.80 Å². The predicted molar refractivity (Wildman–Crippen MR) is 125 cm³/mol. The van der Waals surface area contributed by atoms with E-state index in [4.69, 9.17) is 9.15 Å². The second-order valence-electron chi connectivity index (χ2n) is 8.55. The first-order chi connectivity index (χ1) is 15.8. The Balaban J connectivity index is 1.43. The molecule has 0 radical (unpaired) electrons. The van der Waals surface area contributed by atoms with Crippen molar-refractivity contribution in [2.24, 2.45) is 5.92 Å². The van der Waals surface area contributed by atoms with E-state index in [9.17, 15) is 14.4 Å². The molecule has 0 aliphatic carbocycles. The van der Waals surface area contributed by atoms with Gasteiger partial charge >= 0.3 is 6.09 Å². The van der Waals surface area contributed by atoms with Crippen LogP contribution in [0, 0.1) is 5.92 Å². The average Bonchev–Trinajstić information content (AvgIpc) is 3.50. The van der Waals surface area contributed by atoms with Crippen molar-refractivity contribution >= 4 is 40.5 Å². The second-order valence-corrected chi connectivity index (χ2v) is 9.73. The van der Waals surface area contributed by atoms with Gasteiger partial charge in [0, 0.05) is 6.54 Å². The van der Waals surface area contributed by atoms with Crippen LogP contribution in [0.4, 0.5) is 4.79 Å². The van der Waals surface area contributed by atoms with Gasteiger partial charge in [-0.3, -0.25) is 9.59 Å². The highest BCUT2D eigenvalue weighted by Gasteiger charge is 2.66. The molecule has 2 aromatic rings. The minimum Gasteiger partial charge on any atom is -0.445 e. The summed E-state index contributed by atoms with van der Waals surface area (Å²) in [5.41, 5.74) is -0.0619. The number of carbonyl (C=O) groups excluding carboxylic acids is 3. The summed E-state index contributed by atoms with van der Waals surface area (Å²) in [6.07, 6.45) is 1.85. The highest BCUT2D eigenvalue weighted by Crippen LogP contribution is 2.48. The number of alkyl carbamates (subject to hydrolysis) is 1. The molecular formula is C22H26IN5O5. The number of aromatic nitrogens is 2. The third kappa shape index (κ3) is 4.42. The predicted octanol–water partition coefficient (Wildman–Crippen LogP) is 2.49. The number of alkyl halides is 1. The molecule has 2 unspecified atom stereocenters. The van der Waals surface area contributed by atoms with Gasteiger partial charge in [-0.15, -0.1) is 10.2 Å². The fourth-order valence-corrected chi connectivity index (χ4v) is 5.76. The van der Waals surface area contributed by atoms with Crippen molar-refractivity contribution in [1.29, 1.82) is 0 Å². The molecule has 3 heterocycles. The molecule has 1 N–H and O–H groups in total. The van der Waals surface area contributed by atoms with Gasteiger partial charge in [-0.2, -0.15) is 0 Å². The molecule has 4 rings (SSSR count). The second kappa shape index (κ2) is 9.65. The van der Waals surface area contributed by atoms with E-state index in [2.05, 4.69) is 38.1 Å². The Hall–Kier alpha value is -2.70. The van der Waals surface area contributed by atoms with Crippen LogP contribution >= 0.6 is 22.6 Å². The zero-order valence-corrected chi connectivity index (χ0v) is 20.6. The maximum absolute atomic E-state index is 13.6. The normalized spacial score (nSPS) is 23.0. The standard InChI is InChI=1S/C22H26IN5O5/c1-14(2)17(25-21(31)32-12-15-7-4-3-5-8-15)18(29)28-10-6-9-22(28)19(23)27(20(22)30)11-16-26-24-13-33-16/h3-5,7-8,13-14,17,19H,6,9-12H2,1-2H3,(H,25,31)/t17-,19?,22?/m0/s1. The van der Waals surface area contributed by atoms with Crippen LogP contribution in [0.5, 0.6) is 0 Å². The number of rotatable bonds is 7. The van der Waals surface area contributed by atoms with Gasteiger partial charge in [0.05, 0.1) is 0 Å². The summed E-state index contributed by atoms with van der Waals surface area (Å²) in [6.45, 7) is 4.48. The van der Waals surface area contributed by atoms with Gasteiger partial charge in [0.2, 0.25) is 18.2 Å². The molecule has 10 nitrogen and oxygen atoms in total. The van der Waals surface area contributed by atoms with E-state index in [-0.39, 0.29) is 34.9 Å². The summed E-state index contributed by atoms with van der Waals surface area (Å²) >= 11 is 2.19. The Kier molecular flexibility index (Phi) is 6.86. The lowest BCUT2D eigenvalue weighted by Gasteiger charge is -2.55. The molecule has 33 heavy (non-hydrogen) atoms. The fraction of sp³-hybridized carbons (Fsp3) is 0.500. The Morgan fingerprint density at radius 1 is 1.33 bits per heavy atom. The number of hydrogen-bond donors (Lipinski definition) is 1. The van der Waals surface area contributed by atoms with Crippen LogP contribution in [-0.4, -0.2) is 60.1 Å². The van der Waals surface area contributed by atoms with Gasteiger partial charge in [0.25, 0.3) is 5.91 Å². The molecule has 0 saturated carbocycles. The van der Waals surface area contributed by atoms with Crippen molar-refractivity contribution in [1.82, 2.24) is 25.3 Å². The highest BCUT2D eigenvalue weighted by atomic mass is 127. The largest absolute Gasteiger partial charge is 0.445 e. The van der Waals surface area contributed by atoms with Crippen molar-refractivity contribution in [2.45, 2.75) is 55.5 Å². The van der Waals surface area contributed by atoms with E-state index in [0.717, 1.165) is 5.56 Å². The number of likely N-dealkylation sites (tertiary alicyclic amines) is 2. The molecule has 11 heteroatoms. The topological polar surface area (TPSA) is 118 Å². The zero-order chi connectivity index (χ0) is 23.6. The molecule has 0 bridgehead atoms. The number of carbonyl (C=O) groups is 3. The monoisotopic (exact) mass is 567 g/mol. The molecule has 1 aromatic carbocycles. The molecule has 2 saturated heterocycles. The first-order valence-corrected chi connectivity index (χ1v) is 12.1. The van der Waals surface area contributed by atoms with Gasteiger partial charge in [-0.05, 0) is 24.3 Å². The summed E-state index contributed by atoms with van der Waals surface area (Å²) < 4.78 is 10.2. The quantitative estimate of drug-likeness (QED) is 0.237. The van der Waals surface area contributed by atoms with E-state index in [1.807, 2.05) is 44.2 Å². The SMILES string of the molecule is CC(C)[C@H](NC(=O)OCc1ccccc1)C(=O)N1CCCC12C(=O)N(Cc1nnco1)C2I. The molecule has 3 amide bonds. The van der Waals surface area contributed by atoms with Crippen molar-refractivity contribution in [2.75, 3.05) is 6.54 Å². The summed E-state index contributed by atoms with van der Waals surface area (Å²) in [6, 6.07) is 8.52. The minimum atomic E-state index is -0.916. The number of benzene rings is 1. The maximum atomic E-state index is 13.6. The minimum absolute atomic E-state index is 0.109. The van der Waals surface area contributed by atoms with Crippen molar-refractivity contribution in [3.63, 3.8) is 0 Å². The van der Waals surface area contributed by atoms with E-state index in [0.29, 0.717) is 25.3 Å². The summed E-state index contributed by atoms with van der Waals surface area (Å²) in [5.74, 6) is -0.248. The van der Waals surface area contributed by atoms with Crippen LogP contribution in [0.2, 0.25) is 0 Å². The van der Waals surface area contributed by atoms with Crippen LogP contribution in [0.25, 0.3) is 0 Å². The number of ether oxygens (including phenoxy) is 1. The third-order valence-corrected chi connectivity index (χ3v) is 7.82. The smallest absolute Gasteiger partial charge is 0.408 e. The number of halogens is 1. The lowest BCUT2D eigenvalue weighted by Crippen LogP contribution is -2.77. The van der Waals surface area contributed by atoms with Gasteiger partial charge in [-0.1, -0.05) is 66.8 Å². The van der Waals surface area contributed by atoms with Crippen molar-refractivity contribution in [3.8, 4) is 0 Å². The van der Waals surface area contributed by atoms with E-state index in [1.165, 1.54) is 6.39 Å². The first-order valence-electron chi connectivity index (χ1n) is 10.8. The van der Waals surface area contributed by atoms with Crippen LogP contribution in [0.15, 0.2) is 41.1 Å². The zero-order valence-electron chi connectivity index (χ0n) is 18.4. The highest BCUT2D eigenvalue weighted by molar-refractivity contribution is 14.1. The number of amides is 3. The molecular weight excluding hydrogens is 541 g/mol. The number of hydrogen-bond acceptors (Lipinski definition) is 7. The van der Waals surface area contributed by atoms with Gasteiger partial charge in [0.15, 0.2) is 5.54 Å². The van der Waals surface area contributed by atoms with Crippen LogP contribution in [-0.2, 0) is 27.5 Å². The summed E-state index contributed by atoms with van der Waals surface area (Å²) in [7, 11) is 0. The molecule has 1 aromatic heterocycles. The average molecular weight is 567 g/mol. The maximum Gasteiger partial charge on any atom is 0.408 e. The summed E-state index contributed by atoms with van der Waals surface area (Å²) in [4.78, 5) is 42.5. The van der Waals surface area contributed by atoms with Crippen LogP contribution < -0.4 is 5.32 Å². The van der Waals surface area contributed by atoms with Crippen LogP contribution in [0.1, 0.15) is 38.1 Å². The van der Waals surface area contributed by atoms with E-state index >= 15 is 0 Å². The van der Waals surface area contributed by atoms with Crippen molar-refractivity contribution < 1.29 is 23.5 Å². The lowest BCUT2D eigenvalue weighted by molar-refractivity contribution is -0.171. The van der Waals surface area contributed by atoms with Crippen LogP contribution in [0.3, 0.4) is 0 Å². The fourth-order valence-electron chi connectivity index (χ4n) is 4.40. The molecule has 2 fully saturated rings. The third-order valence-electron chi connectivity index (χ3n) is 6.12. The van der Waals surface area contributed by atoms with Gasteiger partial charge in [-0.25, -0.2) is 4.79 Å². The summed E-state index contributed by atoms with van der Waals surface area (Å²) in [5, 5.41) is 10.2.